The molecule has 0 saturated heterocycles. The minimum atomic E-state index is 1.27. The molecule has 3 heteroatoms. The highest BCUT2D eigenvalue weighted by atomic mass is 32.7. The van der Waals surface area contributed by atoms with Gasteiger partial charge in [0, 0.05) is 11.7 Å². The molecule has 1 nitrogen and oxygen atoms in total. The number of hydrogen-bond donors (Lipinski definition) is 0. The predicted octanol–water partition coefficient (Wildman–Crippen LogP) is 1.07. The van der Waals surface area contributed by atoms with E-state index in [0.29, 0.717) is 0 Å². The highest BCUT2D eigenvalue weighted by Crippen LogP contribution is 2.07. The Balaban J connectivity index is 1.97. The third kappa shape index (κ3) is 2.74. The molecule has 0 spiro atoms. The van der Waals surface area contributed by atoms with E-state index in [2.05, 4.69) is 12.6 Å². The second-order valence-corrected chi connectivity index (χ2v) is 1.37. The van der Waals surface area contributed by atoms with Gasteiger partial charge in [0.05, 0.1) is 7.11 Å². The Kier molecular flexibility index (Phi) is 4.43. The molecule has 1 atom stereocenters. The highest BCUT2D eigenvalue weighted by molar-refractivity contribution is 8.40. The van der Waals surface area contributed by atoms with Gasteiger partial charge < -0.3 is 4.18 Å². The lowest BCUT2D eigenvalue weighted by atomic mass is 11.8. The first-order valence-electron chi connectivity index (χ1n) is 0.811. The van der Waals surface area contributed by atoms with Crippen LogP contribution in [0.3, 0.4) is 0 Å². The molecule has 0 saturated carbocycles. The maximum Gasteiger partial charge on any atom is 0.0507 e. The molecule has 0 bridgehead atoms. The van der Waals surface area contributed by atoms with Gasteiger partial charge in [-0.1, -0.05) is 0 Å². The third-order valence-electron chi connectivity index (χ3n) is 0.0962. The van der Waals surface area contributed by atoms with Gasteiger partial charge in [-0.2, -0.15) is 0 Å². The summed E-state index contributed by atoms with van der Waals surface area (Å²) in [6.07, 6.45) is 0. The zero-order chi connectivity index (χ0) is 3.41. The molecule has 0 radical (unpaired) electrons. The fourth-order valence-electron chi connectivity index (χ4n) is 0. The summed E-state index contributed by atoms with van der Waals surface area (Å²) in [5, 5.41) is 0. The van der Waals surface area contributed by atoms with Crippen LogP contribution in [-0.2, 0) is 4.18 Å². The van der Waals surface area contributed by atoms with Crippen LogP contribution in [0.2, 0.25) is 0 Å². The summed E-state index contributed by atoms with van der Waals surface area (Å²) in [5.74, 6) is 0. The summed E-state index contributed by atoms with van der Waals surface area (Å²) in [7, 11) is 3.97. The Labute approximate surface area is 32.3 Å². The molecule has 26 valence electrons. The van der Waals surface area contributed by atoms with E-state index in [1.165, 1.54) is 11.7 Å². The van der Waals surface area contributed by atoms with Crippen LogP contribution in [0.4, 0.5) is 0 Å². The van der Waals surface area contributed by atoms with Crippen molar-refractivity contribution < 1.29 is 4.18 Å². The molecular formula is CH5OPS. The van der Waals surface area contributed by atoms with Crippen LogP contribution < -0.4 is 0 Å². The Morgan fingerprint density at radius 1 is 2.00 bits per heavy atom. The number of rotatable bonds is 1. The van der Waals surface area contributed by atoms with Gasteiger partial charge in [-0.25, -0.2) is 0 Å². The van der Waals surface area contributed by atoms with E-state index in [1.54, 1.807) is 7.11 Å². The summed E-state index contributed by atoms with van der Waals surface area (Å²) in [5.41, 5.74) is 0. The topological polar surface area (TPSA) is 9.23 Å². The molecule has 0 aromatic rings. The quantitative estimate of drug-likeness (QED) is 0.356. The van der Waals surface area contributed by atoms with Crippen molar-refractivity contribution in [1.82, 2.24) is 0 Å². The fourth-order valence-corrected chi connectivity index (χ4v) is 0. The summed E-state index contributed by atoms with van der Waals surface area (Å²) in [6, 6.07) is 0. The van der Waals surface area contributed by atoms with Gasteiger partial charge in [0.1, 0.15) is 0 Å². The molecule has 0 aromatic carbocycles. The molecule has 0 N–H and O–H groups in total. The Morgan fingerprint density at radius 2 is 2.25 bits per heavy atom. The van der Waals surface area contributed by atoms with Gasteiger partial charge in [0.2, 0.25) is 0 Å². The first-order chi connectivity index (χ1) is 1.91. The second-order valence-electron chi connectivity index (χ2n) is 0.263. The largest absolute Gasteiger partial charge is 0.315 e. The first kappa shape index (κ1) is 4.74. The van der Waals surface area contributed by atoms with Crippen LogP contribution in [0.25, 0.3) is 0 Å². The monoisotopic (exact) mass is 96.0 g/mol. The van der Waals surface area contributed by atoms with Crippen molar-refractivity contribution in [3.05, 3.63) is 0 Å². The van der Waals surface area contributed by atoms with Crippen molar-refractivity contribution in [2.45, 2.75) is 0 Å². The van der Waals surface area contributed by atoms with Crippen LogP contribution in [0, 0.1) is 0 Å². The van der Waals surface area contributed by atoms with Crippen LogP contribution in [0.1, 0.15) is 0 Å². The van der Waals surface area contributed by atoms with Crippen molar-refractivity contribution in [3.8, 4) is 0 Å². The predicted molar refractivity (Wildman–Crippen MR) is 24.3 cm³/mol. The molecule has 0 aromatic heterocycles. The second kappa shape index (κ2) is 3.74. The van der Waals surface area contributed by atoms with Crippen molar-refractivity contribution in [3.63, 3.8) is 0 Å². The lowest BCUT2D eigenvalue weighted by Crippen LogP contribution is -1.46. The molecule has 4 heavy (non-hydrogen) atoms. The van der Waals surface area contributed by atoms with E-state index in [1.807, 2.05) is 0 Å². The first-order valence-corrected chi connectivity index (χ1v) is 3.03. The average Bonchev–Trinajstić information content (AvgIpc) is 1.37. The van der Waals surface area contributed by atoms with E-state index in [-0.39, 0.29) is 0 Å². The van der Waals surface area contributed by atoms with Gasteiger partial charge in [-0.3, -0.25) is 0 Å². The van der Waals surface area contributed by atoms with Crippen molar-refractivity contribution in [2.75, 3.05) is 7.11 Å². The fraction of sp³-hybridized carbons (Fsp3) is 1.00. The summed E-state index contributed by atoms with van der Waals surface area (Å²) >= 11 is 1.27. The molecule has 0 heterocycles. The molecule has 0 amide bonds. The van der Waals surface area contributed by atoms with Crippen LogP contribution in [0.5, 0.6) is 0 Å². The van der Waals surface area contributed by atoms with Gasteiger partial charge in [0.15, 0.2) is 0 Å². The van der Waals surface area contributed by atoms with Crippen molar-refractivity contribution >= 4 is 20.1 Å². The average molecular weight is 96.1 g/mol. The Bertz CT molecular complexity index is 10.0. The van der Waals surface area contributed by atoms with E-state index >= 15 is 0 Å². The maximum atomic E-state index is 4.42. The molecule has 0 fully saturated rings. The van der Waals surface area contributed by atoms with Crippen LogP contribution in [0.15, 0.2) is 0 Å². The zero-order valence-electron chi connectivity index (χ0n) is 2.39. The van der Waals surface area contributed by atoms with Crippen molar-refractivity contribution in [1.29, 1.82) is 0 Å². The normalized spacial score (nSPS) is 7.50. The van der Waals surface area contributed by atoms with Gasteiger partial charge in [-0.05, 0) is 8.44 Å². The van der Waals surface area contributed by atoms with Crippen molar-refractivity contribution in [2.24, 2.45) is 0 Å². The molecule has 0 aliphatic carbocycles. The summed E-state index contributed by atoms with van der Waals surface area (Å²) < 4.78 is 4.42. The lowest BCUT2D eigenvalue weighted by molar-refractivity contribution is 0.498. The lowest BCUT2D eigenvalue weighted by Gasteiger charge is -1.74. The summed E-state index contributed by atoms with van der Waals surface area (Å²) in [6.45, 7) is 0. The minimum absolute atomic E-state index is 1.27. The van der Waals surface area contributed by atoms with Gasteiger partial charge >= 0.3 is 0 Å². The van der Waals surface area contributed by atoms with Crippen LogP contribution >= 0.6 is 20.1 Å². The minimum Gasteiger partial charge on any atom is -0.315 e. The molecule has 1 unspecified atom stereocenters. The third-order valence-corrected chi connectivity index (χ3v) is 0.866. The highest BCUT2D eigenvalue weighted by Gasteiger charge is 1.52. The Hall–Kier alpha value is 0.740. The number of hydrogen-bond acceptors (Lipinski definition) is 2. The van der Waals surface area contributed by atoms with Gasteiger partial charge in [0.25, 0.3) is 0 Å². The molecule has 0 aliphatic rings. The molecular weight excluding hydrogens is 91.1 g/mol. The SMILES string of the molecule is COSP. The van der Waals surface area contributed by atoms with E-state index in [9.17, 15) is 0 Å². The standard InChI is InChI=1S/CH5OPS/c1-2-4-3/h3H2,1H3. The zero-order valence-corrected chi connectivity index (χ0v) is 4.37. The van der Waals surface area contributed by atoms with E-state index in [4.69, 9.17) is 0 Å². The van der Waals surface area contributed by atoms with Gasteiger partial charge in [-0.15, -0.1) is 0 Å². The maximum absolute atomic E-state index is 4.42. The Morgan fingerprint density at radius 3 is 2.25 bits per heavy atom. The smallest absolute Gasteiger partial charge is 0.0507 e. The van der Waals surface area contributed by atoms with E-state index < -0.39 is 0 Å². The molecule has 0 aliphatic heterocycles. The van der Waals surface area contributed by atoms with E-state index in [0.717, 1.165) is 0 Å². The van der Waals surface area contributed by atoms with Crippen LogP contribution in [-0.4, -0.2) is 7.11 Å². The summed E-state index contributed by atoms with van der Waals surface area (Å²) in [4.78, 5) is 0. The molecule has 0 rings (SSSR count).